The molecule has 3 heteroatoms. The monoisotopic (exact) mass is 271 g/mol. The summed E-state index contributed by atoms with van der Waals surface area (Å²) in [5.41, 5.74) is 2.80. The molecule has 1 fully saturated rings. The molecule has 1 aliphatic carbocycles. The first-order chi connectivity index (χ1) is 9.55. The van der Waals surface area contributed by atoms with E-state index in [2.05, 4.69) is 55.0 Å². The molecule has 1 aliphatic rings. The largest absolute Gasteiger partial charge is 0.330 e. The second kappa shape index (κ2) is 5.21. The highest BCUT2D eigenvalue weighted by atomic mass is 15.1. The number of aromatic nitrogens is 2. The first-order valence-electron chi connectivity index (χ1n) is 7.69. The van der Waals surface area contributed by atoms with Crippen molar-refractivity contribution in [3.8, 4) is 0 Å². The summed E-state index contributed by atoms with van der Waals surface area (Å²) < 4.78 is 2.20. The zero-order valence-corrected chi connectivity index (χ0v) is 12.8. The average molecular weight is 271 g/mol. The lowest BCUT2D eigenvalue weighted by atomic mass is 9.75. The van der Waals surface area contributed by atoms with Crippen molar-refractivity contribution in [2.24, 2.45) is 12.5 Å². The summed E-state index contributed by atoms with van der Waals surface area (Å²) >= 11 is 0. The summed E-state index contributed by atoms with van der Waals surface area (Å²) in [6, 6.07) is 8.98. The topological polar surface area (TPSA) is 29.9 Å². The van der Waals surface area contributed by atoms with Crippen LogP contribution >= 0.6 is 0 Å². The Morgan fingerprint density at radius 3 is 2.90 bits per heavy atom. The number of para-hydroxylation sites is 2. The maximum Gasteiger partial charge on any atom is 0.123 e. The van der Waals surface area contributed by atoms with Gasteiger partial charge < -0.3 is 9.88 Å². The van der Waals surface area contributed by atoms with Gasteiger partial charge in [0.1, 0.15) is 5.82 Å². The highest BCUT2D eigenvalue weighted by Crippen LogP contribution is 2.35. The maximum absolute atomic E-state index is 4.73. The lowest BCUT2D eigenvalue weighted by Crippen LogP contribution is -2.37. The van der Waals surface area contributed by atoms with Crippen molar-refractivity contribution < 1.29 is 0 Å². The van der Waals surface area contributed by atoms with Crippen LogP contribution in [-0.4, -0.2) is 15.6 Å². The lowest BCUT2D eigenvalue weighted by Gasteiger charge is -2.35. The average Bonchev–Trinajstić information content (AvgIpc) is 2.73. The second-order valence-corrected chi connectivity index (χ2v) is 6.91. The molecule has 3 rings (SSSR count). The molecule has 1 N–H and O–H groups in total. The number of rotatable bonds is 3. The number of nitrogens with zero attached hydrogens (tertiary/aromatic N) is 2. The van der Waals surface area contributed by atoms with E-state index in [0.29, 0.717) is 11.5 Å². The fourth-order valence-corrected chi connectivity index (χ4v) is 3.46. The molecule has 3 nitrogen and oxygen atoms in total. The fraction of sp³-hybridized carbons (Fsp3) is 0.588. The fourth-order valence-electron chi connectivity index (χ4n) is 3.46. The number of hydrogen-bond acceptors (Lipinski definition) is 2. The molecule has 1 heterocycles. The minimum atomic E-state index is 0.488. The molecule has 0 radical (unpaired) electrons. The smallest absolute Gasteiger partial charge is 0.123 e. The summed E-state index contributed by atoms with van der Waals surface area (Å²) in [5, 5.41) is 3.71. The number of imidazole rings is 1. The molecule has 0 saturated heterocycles. The van der Waals surface area contributed by atoms with E-state index >= 15 is 0 Å². The van der Waals surface area contributed by atoms with Gasteiger partial charge in [0.05, 0.1) is 17.6 Å². The van der Waals surface area contributed by atoms with Crippen molar-refractivity contribution in [2.75, 3.05) is 0 Å². The van der Waals surface area contributed by atoms with Gasteiger partial charge in [0.15, 0.2) is 0 Å². The Hall–Kier alpha value is -1.35. The number of aryl methyl sites for hydroxylation is 1. The van der Waals surface area contributed by atoms with Gasteiger partial charge in [-0.15, -0.1) is 0 Å². The van der Waals surface area contributed by atoms with Gasteiger partial charge in [-0.2, -0.15) is 0 Å². The van der Waals surface area contributed by atoms with Gasteiger partial charge in [-0.1, -0.05) is 32.4 Å². The Balaban J connectivity index is 1.69. The van der Waals surface area contributed by atoms with E-state index in [1.807, 2.05) is 0 Å². The Morgan fingerprint density at radius 2 is 2.15 bits per heavy atom. The molecule has 1 saturated carbocycles. The van der Waals surface area contributed by atoms with E-state index < -0.39 is 0 Å². The second-order valence-electron chi connectivity index (χ2n) is 6.91. The molecule has 20 heavy (non-hydrogen) atoms. The third-order valence-electron chi connectivity index (χ3n) is 4.63. The van der Waals surface area contributed by atoms with Crippen LogP contribution < -0.4 is 5.32 Å². The minimum absolute atomic E-state index is 0.488. The van der Waals surface area contributed by atoms with Crippen LogP contribution in [0.15, 0.2) is 24.3 Å². The standard InChI is InChI=1S/C17H25N3/c1-17(2)10-6-7-13(11-17)18-12-16-19-14-8-4-5-9-15(14)20(16)3/h4-5,8-9,13,18H,6-7,10-12H2,1-3H3. The van der Waals surface area contributed by atoms with Crippen LogP contribution in [0.4, 0.5) is 0 Å². The van der Waals surface area contributed by atoms with Crippen LogP contribution in [0.3, 0.4) is 0 Å². The Labute approximate surface area is 121 Å². The maximum atomic E-state index is 4.73. The zero-order valence-electron chi connectivity index (χ0n) is 12.8. The highest BCUT2D eigenvalue weighted by molar-refractivity contribution is 5.75. The van der Waals surface area contributed by atoms with Gasteiger partial charge in [-0.05, 0) is 36.8 Å². The first kappa shape index (κ1) is 13.6. The van der Waals surface area contributed by atoms with Gasteiger partial charge in [-0.3, -0.25) is 0 Å². The predicted molar refractivity (Wildman–Crippen MR) is 83.6 cm³/mol. The SMILES string of the molecule is Cn1c(CNC2CCCC(C)(C)C2)nc2ccccc21. The summed E-state index contributed by atoms with van der Waals surface area (Å²) in [6.07, 6.45) is 5.27. The van der Waals surface area contributed by atoms with E-state index in [1.165, 1.54) is 31.2 Å². The molecule has 1 aromatic carbocycles. The van der Waals surface area contributed by atoms with Crippen molar-refractivity contribution >= 4 is 11.0 Å². The first-order valence-corrected chi connectivity index (χ1v) is 7.69. The van der Waals surface area contributed by atoms with Crippen molar-refractivity contribution in [2.45, 2.75) is 52.1 Å². The number of benzene rings is 1. The zero-order chi connectivity index (χ0) is 14.2. The summed E-state index contributed by atoms with van der Waals surface area (Å²) in [6.45, 7) is 5.64. The summed E-state index contributed by atoms with van der Waals surface area (Å²) in [7, 11) is 2.11. The van der Waals surface area contributed by atoms with Gasteiger partial charge in [0.2, 0.25) is 0 Å². The molecule has 0 amide bonds. The van der Waals surface area contributed by atoms with Crippen LogP contribution in [0.1, 0.15) is 45.4 Å². The molecule has 0 aliphatic heterocycles. The highest BCUT2D eigenvalue weighted by Gasteiger charge is 2.27. The minimum Gasteiger partial charge on any atom is -0.330 e. The van der Waals surface area contributed by atoms with E-state index in [4.69, 9.17) is 4.98 Å². The van der Waals surface area contributed by atoms with Gasteiger partial charge in [0, 0.05) is 13.1 Å². The number of fused-ring (bicyclic) bond motifs is 1. The van der Waals surface area contributed by atoms with Crippen LogP contribution in [0.5, 0.6) is 0 Å². The summed E-state index contributed by atoms with van der Waals surface area (Å²) in [4.78, 5) is 4.73. The Kier molecular flexibility index (Phi) is 3.55. The van der Waals surface area contributed by atoms with E-state index in [-0.39, 0.29) is 0 Å². The molecule has 2 aromatic rings. The normalized spacial score (nSPS) is 22.2. The molecule has 1 aromatic heterocycles. The third-order valence-corrected chi connectivity index (χ3v) is 4.63. The van der Waals surface area contributed by atoms with Crippen LogP contribution in [0, 0.1) is 5.41 Å². The summed E-state index contributed by atoms with van der Waals surface area (Å²) in [5.74, 6) is 1.13. The third kappa shape index (κ3) is 2.73. The van der Waals surface area contributed by atoms with Gasteiger partial charge in [-0.25, -0.2) is 4.98 Å². The van der Waals surface area contributed by atoms with Crippen molar-refractivity contribution in [3.05, 3.63) is 30.1 Å². The van der Waals surface area contributed by atoms with E-state index in [1.54, 1.807) is 0 Å². The Morgan fingerprint density at radius 1 is 1.35 bits per heavy atom. The molecule has 108 valence electrons. The molecule has 0 spiro atoms. The van der Waals surface area contributed by atoms with Crippen molar-refractivity contribution in [1.29, 1.82) is 0 Å². The van der Waals surface area contributed by atoms with Crippen LogP contribution in [0.25, 0.3) is 11.0 Å². The van der Waals surface area contributed by atoms with E-state index in [0.717, 1.165) is 17.9 Å². The van der Waals surface area contributed by atoms with E-state index in [9.17, 15) is 0 Å². The molecule has 1 unspecified atom stereocenters. The Bertz CT molecular complexity index is 597. The lowest BCUT2D eigenvalue weighted by molar-refractivity contribution is 0.197. The molecule has 0 bridgehead atoms. The number of hydrogen-bond donors (Lipinski definition) is 1. The quantitative estimate of drug-likeness (QED) is 0.924. The molecule has 1 atom stereocenters. The van der Waals surface area contributed by atoms with Crippen molar-refractivity contribution in [3.63, 3.8) is 0 Å². The van der Waals surface area contributed by atoms with Gasteiger partial charge in [0.25, 0.3) is 0 Å². The van der Waals surface area contributed by atoms with Crippen LogP contribution in [0.2, 0.25) is 0 Å². The number of nitrogens with one attached hydrogen (secondary N) is 1. The van der Waals surface area contributed by atoms with Gasteiger partial charge >= 0.3 is 0 Å². The predicted octanol–water partition coefficient (Wildman–Crippen LogP) is 3.63. The van der Waals surface area contributed by atoms with Crippen molar-refractivity contribution in [1.82, 2.24) is 14.9 Å². The molecular formula is C17H25N3. The molecular weight excluding hydrogens is 246 g/mol. The van der Waals surface area contributed by atoms with Crippen LogP contribution in [-0.2, 0) is 13.6 Å².